The number of nitrogens with zero attached hydrogens (tertiary/aromatic N) is 1. The van der Waals surface area contributed by atoms with Gasteiger partial charge in [0.1, 0.15) is 0 Å². The molecule has 0 aliphatic heterocycles. The first-order valence-corrected chi connectivity index (χ1v) is 8.69. The molecule has 3 rings (SSSR count). The van der Waals surface area contributed by atoms with E-state index in [0.29, 0.717) is 10.8 Å². The van der Waals surface area contributed by atoms with Gasteiger partial charge in [-0.1, -0.05) is 31.0 Å². The summed E-state index contributed by atoms with van der Waals surface area (Å²) in [6.07, 6.45) is 4.37. The van der Waals surface area contributed by atoms with E-state index in [1.165, 1.54) is 11.3 Å². The normalized spacial score (nSPS) is 14.6. The quantitative estimate of drug-likeness (QED) is 0.882. The van der Waals surface area contributed by atoms with Crippen LogP contribution in [0, 0.1) is 5.92 Å². The summed E-state index contributed by atoms with van der Waals surface area (Å²) in [5.74, 6) is 0.0519. The molecule has 1 aliphatic rings. The highest BCUT2D eigenvalue weighted by Gasteiger charge is 2.23. The standard InChI is InChI=1S/C17H19N3O2S/c21-15(18-13-8-2-1-3-9-13)10-14-11-23-17(19-14)20-16(22)12-6-4-5-7-12/h1-3,8-9,11-12H,4-7,10H2,(H,18,21)(H,19,20,22). The summed E-state index contributed by atoms with van der Waals surface area (Å²) in [6.45, 7) is 0. The molecule has 2 aromatic rings. The van der Waals surface area contributed by atoms with Crippen LogP contribution in [0.2, 0.25) is 0 Å². The second kappa shape index (κ2) is 7.37. The average molecular weight is 329 g/mol. The van der Waals surface area contributed by atoms with Crippen molar-refractivity contribution >= 4 is 34.0 Å². The lowest BCUT2D eigenvalue weighted by Crippen LogP contribution is -2.20. The number of para-hydroxylation sites is 1. The maximum Gasteiger partial charge on any atom is 0.230 e. The lowest BCUT2D eigenvalue weighted by molar-refractivity contribution is -0.119. The summed E-state index contributed by atoms with van der Waals surface area (Å²) < 4.78 is 0. The third-order valence-corrected chi connectivity index (χ3v) is 4.71. The molecule has 23 heavy (non-hydrogen) atoms. The van der Waals surface area contributed by atoms with Gasteiger partial charge in [-0.3, -0.25) is 9.59 Å². The Morgan fingerprint density at radius 2 is 1.87 bits per heavy atom. The number of rotatable bonds is 5. The predicted octanol–water partition coefficient (Wildman–Crippen LogP) is 3.45. The van der Waals surface area contributed by atoms with Gasteiger partial charge in [-0.05, 0) is 25.0 Å². The Hall–Kier alpha value is -2.21. The fourth-order valence-corrected chi connectivity index (χ4v) is 3.45. The monoisotopic (exact) mass is 329 g/mol. The van der Waals surface area contributed by atoms with Gasteiger partial charge in [-0.25, -0.2) is 4.98 Å². The number of hydrogen-bond donors (Lipinski definition) is 2. The zero-order valence-electron chi connectivity index (χ0n) is 12.7. The Morgan fingerprint density at radius 3 is 2.61 bits per heavy atom. The minimum absolute atomic E-state index is 0.0529. The van der Waals surface area contributed by atoms with Gasteiger partial charge >= 0.3 is 0 Å². The molecular weight excluding hydrogens is 310 g/mol. The fourth-order valence-electron chi connectivity index (χ4n) is 2.73. The summed E-state index contributed by atoms with van der Waals surface area (Å²) in [5.41, 5.74) is 1.44. The number of benzene rings is 1. The Labute approximate surface area is 139 Å². The summed E-state index contributed by atoms with van der Waals surface area (Å²) in [7, 11) is 0. The Morgan fingerprint density at radius 1 is 1.13 bits per heavy atom. The van der Waals surface area contributed by atoms with Gasteiger partial charge in [-0.2, -0.15) is 0 Å². The number of nitrogens with one attached hydrogen (secondary N) is 2. The van der Waals surface area contributed by atoms with Crippen molar-refractivity contribution in [3.63, 3.8) is 0 Å². The van der Waals surface area contributed by atoms with E-state index in [1.807, 2.05) is 35.7 Å². The largest absolute Gasteiger partial charge is 0.326 e. The molecule has 0 atom stereocenters. The molecule has 5 nitrogen and oxygen atoms in total. The first kappa shape index (κ1) is 15.7. The van der Waals surface area contributed by atoms with Crippen LogP contribution in [0.25, 0.3) is 0 Å². The zero-order chi connectivity index (χ0) is 16.1. The molecule has 1 aromatic heterocycles. The van der Waals surface area contributed by atoms with Crippen LogP contribution in [0.1, 0.15) is 31.4 Å². The van der Waals surface area contributed by atoms with Crippen LogP contribution < -0.4 is 10.6 Å². The Kier molecular flexibility index (Phi) is 5.02. The van der Waals surface area contributed by atoms with E-state index in [1.54, 1.807) is 0 Å². The van der Waals surface area contributed by atoms with E-state index < -0.39 is 0 Å². The molecule has 1 aromatic carbocycles. The van der Waals surface area contributed by atoms with Gasteiger partial charge in [0.2, 0.25) is 11.8 Å². The maximum absolute atomic E-state index is 12.1. The van der Waals surface area contributed by atoms with Crippen LogP contribution in [0.4, 0.5) is 10.8 Å². The van der Waals surface area contributed by atoms with Gasteiger partial charge < -0.3 is 10.6 Å². The van der Waals surface area contributed by atoms with Crippen LogP contribution in [0.15, 0.2) is 35.7 Å². The molecule has 2 amide bonds. The third-order valence-electron chi connectivity index (χ3n) is 3.91. The fraction of sp³-hybridized carbons (Fsp3) is 0.353. The highest BCUT2D eigenvalue weighted by molar-refractivity contribution is 7.13. The number of carbonyl (C=O) groups excluding carboxylic acids is 2. The topological polar surface area (TPSA) is 71.1 Å². The van der Waals surface area contributed by atoms with Crippen LogP contribution in [0.3, 0.4) is 0 Å². The van der Waals surface area contributed by atoms with Crippen molar-refractivity contribution < 1.29 is 9.59 Å². The van der Waals surface area contributed by atoms with Crippen molar-refractivity contribution in [2.24, 2.45) is 5.92 Å². The average Bonchev–Trinajstić information content (AvgIpc) is 3.20. The number of amides is 2. The van der Waals surface area contributed by atoms with Gasteiger partial charge in [0.15, 0.2) is 5.13 Å². The number of thiazole rings is 1. The second-order valence-corrected chi connectivity index (χ2v) is 6.56. The van der Waals surface area contributed by atoms with Gasteiger partial charge in [-0.15, -0.1) is 11.3 Å². The number of carbonyl (C=O) groups is 2. The highest BCUT2D eigenvalue weighted by atomic mass is 32.1. The predicted molar refractivity (Wildman–Crippen MR) is 91.5 cm³/mol. The maximum atomic E-state index is 12.1. The van der Waals surface area contributed by atoms with Crippen molar-refractivity contribution in [2.45, 2.75) is 32.1 Å². The first-order valence-electron chi connectivity index (χ1n) is 7.81. The van der Waals surface area contributed by atoms with E-state index in [0.717, 1.165) is 31.4 Å². The first-order chi connectivity index (χ1) is 11.2. The van der Waals surface area contributed by atoms with E-state index in [4.69, 9.17) is 0 Å². The summed E-state index contributed by atoms with van der Waals surface area (Å²) in [4.78, 5) is 28.4. The zero-order valence-corrected chi connectivity index (χ0v) is 13.6. The molecule has 2 N–H and O–H groups in total. The Balaban J connectivity index is 1.52. The van der Waals surface area contributed by atoms with Gasteiger partial charge in [0, 0.05) is 17.0 Å². The molecule has 1 heterocycles. The molecule has 0 spiro atoms. The molecule has 6 heteroatoms. The van der Waals surface area contributed by atoms with Crippen molar-refractivity contribution in [3.05, 3.63) is 41.4 Å². The number of hydrogen-bond acceptors (Lipinski definition) is 4. The smallest absolute Gasteiger partial charge is 0.230 e. The lowest BCUT2D eigenvalue weighted by atomic mass is 10.1. The van der Waals surface area contributed by atoms with E-state index in [9.17, 15) is 9.59 Å². The van der Waals surface area contributed by atoms with Crippen LogP contribution in [-0.4, -0.2) is 16.8 Å². The molecule has 0 saturated heterocycles. The number of aromatic nitrogens is 1. The lowest BCUT2D eigenvalue weighted by Gasteiger charge is -2.07. The Bertz CT molecular complexity index is 678. The third kappa shape index (κ3) is 4.39. The van der Waals surface area contributed by atoms with Gasteiger partial charge in [0.05, 0.1) is 12.1 Å². The molecule has 1 aliphatic carbocycles. The molecule has 1 saturated carbocycles. The molecule has 0 radical (unpaired) electrons. The summed E-state index contributed by atoms with van der Waals surface area (Å²) in [6, 6.07) is 9.32. The van der Waals surface area contributed by atoms with Crippen LogP contribution in [-0.2, 0) is 16.0 Å². The second-order valence-electron chi connectivity index (χ2n) is 5.71. The number of anilines is 2. The summed E-state index contributed by atoms with van der Waals surface area (Å²) in [5, 5.41) is 8.08. The minimum Gasteiger partial charge on any atom is -0.326 e. The van der Waals surface area contributed by atoms with Crippen molar-refractivity contribution in [1.29, 1.82) is 0 Å². The van der Waals surface area contributed by atoms with Gasteiger partial charge in [0.25, 0.3) is 0 Å². The SMILES string of the molecule is O=C(Cc1csc(NC(=O)C2CCCC2)n1)Nc1ccccc1. The highest BCUT2D eigenvalue weighted by Crippen LogP contribution is 2.26. The molecular formula is C17H19N3O2S. The van der Waals surface area contributed by atoms with Crippen LogP contribution in [0.5, 0.6) is 0 Å². The van der Waals surface area contributed by atoms with Crippen molar-refractivity contribution in [1.82, 2.24) is 4.98 Å². The van der Waals surface area contributed by atoms with E-state index in [-0.39, 0.29) is 24.2 Å². The molecule has 0 unspecified atom stereocenters. The minimum atomic E-state index is -0.116. The molecule has 120 valence electrons. The van der Waals surface area contributed by atoms with Crippen LogP contribution >= 0.6 is 11.3 Å². The van der Waals surface area contributed by atoms with Crippen molar-refractivity contribution in [3.8, 4) is 0 Å². The van der Waals surface area contributed by atoms with Crippen molar-refractivity contribution in [2.75, 3.05) is 10.6 Å². The van der Waals surface area contributed by atoms with E-state index >= 15 is 0 Å². The van der Waals surface area contributed by atoms with E-state index in [2.05, 4.69) is 15.6 Å². The molecule has 0 bridgehead atoms. The molecule has 1 fully saturated rings. The summed E-state index contributed by atoms with van der Waals surface area (Å²) >= 11 is 1.36.